The largest absolute Gasteiger partial charge is 0.382 e. The van der Waals surface area contributed by atoms with E-state index in [9.17, 15) is 0 Å². The van der Waals surface area contributed by atoms with Gasteiger partial charge in [-0.1, -0.05) is 27.7 Å². The van der Waals surface area contributed by atoms with E-state index in [4.69, 9.17) is 4.74 Å². The highest BCUT2D eigenvalue weighted by atomic mass is 32.2. The minimum atomic E-state index is 0.785. The summed E-state index contributed by atoms with van der Waals surface area (Å²) in [6, 6.07) is 0. The maximum absolute atomic E-state index is 5.32. The average molecular weight is 359 g/mol. The minimum Gasteiger partial charge on any atom is -0.382 e. The molecule has 2 unspecified atom stereocenters. The first-order valence-electron chi connectivity index (χ1n) is 7.86. The summed E-state index contributed by atoms with van der Waals surface area (Å²) in [6.45, 7) is 11.8. The first-order chi connectivity index (χ1) is 9.86. The minimum absolute atomic E-state index is 0.785. The predicted octanol–water partition coefficient (Wildman–Crippen LogP) is 5.35. The summed E-state index contributed by atoms with van der Waals surface area (Å²) in [7, 11) is 0. The van der Waals surface area contributed by atoms with Crippen LogP contribution in [0.2, 0.25) is 0 Å². The second-order valence-electron chi connectivity index (χ2n) is 3.72. The molecule has 1 rings (SSSR count). The van der Waals surface area contributed by atoms with E-state index in [0.29, 0.717) is 0 Å². The van der Waals surface area contributed by atoms with Crippen LogP contribution >= 0.6 is 47.9 Å². The molecule has 1 fully saturated rings. The number of thiol groups is 1. The van der Waals surface area contributed by atoms with Gasteiger partial charge < -0.3 is 4.74 Å². The molecule has 0 aromatic heterocycles. The Morgan fingerprint density at radius 1 is 1.10 bits per heavy atom. The molecule has 0 aliphatic carbocycles. The van der Waals surface area contributed by atoms with Gasteiger partial charge in [0.05, 0.1) is 0 Å². The first-order valence-corrected chi connectivity index (χ1v) is 11.7. The van der Waals surface area contributed by atoms with Crippen LogP contribution in [0.15, 0.2) is 0 Å². The molecule has 0 radical (unpaired) electrons. The topological polar surface area (TPSA) is 9.23 Å². The smallest absolute Gasteiger partial charge is 0.0473 e. The van der Waals surface area contributed by atoms with Crippen molar-refractivity contribution in [1.82, 2.24) is 0 Å². The number of thioether (sulfide) groups is 3. The molecule has 0 aromatic carbocycles. The van der Waals surface area contributed by atoms with Crippen LogP contribution in [-0.2, 0) is 4.74 Å². The molecule has 1 aliphatic heterocycles. The molecule has 124 valence electrons. The van der Waals surface area contributed by atoms with E-state index in [2.05, 4.69) is 54.8 Å². The lowest BCUT2D eigenvalue weighted by Gasteiger charge is -2.26. The number of hydrogen-bond donors (Lipinski definition) is 1. The molecule has 1 saturated heterocycles. The first kappa shape index (κ1) is 23.6. The van der Waals surface area contributed by atoms with Gasteiger partial charge in [0, 0.05) is 46.7 Å². The van der Waals surface area contributed by atoms with E-state index in [1.165, 1.54) is 29.4 Å². The molecule has 0 spiro atoms. The van der Waals surface area contributed by atoms with Crippen molar-refractivity contribution in [3.8, 4) is 0 Å². The Morgan fingerprint density at radius 2 is 1.70 bits per heavy atom. The van der Waals surface area contributed by atoms with Gasteiger partial charge in [0.2, 0.25) is 0 Å². The van der Waals surface area contributed by atoms with Gasteiger partial charge in [0.1, 0.15) is 0 Å². The monoisotopic (exact) mass is 358 g/mol. The standard InChI is InChI=1S/C11H22OS4.2C2H6/c1-2-12-4-3-5-14-7-11-9-15-10(6-13)8-16-11;2*1-2/h10-11,13H,2-9H2,1H3;2*1-2H3. The van der Waals surface area contributed by atoms with Crippen molar-refractivity contribution in [1.29, 1.82) is 0 Å². The fourth-order valence-electron chi connectivity index (χ4n) is 1.41. The summed E-state index contributed by atoms with van der Waals surface area (Å²) in [6.07, 6.45) is 1.20. The second-order valence-corrected chi connectivity index (χ2v) is 7.90. The second kappa shape index (κ2) is 20.4. The van der Waals surface area contributed by atoms with E-state index >= 15 is 0 Å². The van der Waals surface area contributed by atoms with Crippen molar-refractivity contribution in [2.24, 2.45) is 0 Å². The fraction of sp³-hybridized carbons (Fsp3) is 1.00. The predicted molar refractivity (Wildman–Crippen MR) is 107 cm³/mol. The van der Waals surface area contributed by atoms with Gasteiger partial charge >= 0.3 is 0 Å². The molecule has 2 atom stereocenters. The zero-order valence-corrected chi connectivity index (χ0v) is 17.2. The van der Waals surface area contributed by atoms with Crippen molar-refractivity contribution < 1.29 is 4.74 Å². The lowest BCUT2D eigenvalue weighted by Crippen LogP contribution is -2.24. The SMILES string of the molecule is CC.CC.CCOCCCSCC1CSC(CS)CS1. The van der Waals surface area contributed by atoms with Crippen LogP contribution in [0.3, 0.4) is 0 Å². The van der Waals surface area contributed by atoms with Crippen LogP contribution in [0.4, 0.5) is 0 Å². The Hall–Kier alpha value is 1.36. The maximum atomic E-state index is 5.32. The van der Waals surface area contributed by atoms with Gasteiger partial charge in [-0.3, -0.25) is 0 Å². The summed E-state index contributed by atoms with van der Waals surface area (Å²) in [5, 5.41) is 1.64. The van der Waals surface area contributed by atoms with Gasteiger partial charge in [-0.15, -0.1) is 0 Å². The number of rotatable bonds is 8. The summed E-state index contributed by atoms with van der Waals surface area (Å²) >= 11 is 10.7. The molecule has 0 aromatic rings. The summed E-state index contributed by atoms with van der Waals surface area (Å²) in [5.74, 6) is 6.19. The zero-order valence-electron chi connectivity index (χ0n) is 13.9. The zero-order chi connectivity index (χ0) is 15.6. The van der Waals surface area contributed by atoms with Crippen molar-refractivity contribution in [3.63, 3.8) is 0 Å². The van der Waals surface area contributed by atoms with Gasteiger partial charge in [0.25, 0.3) is 0 Å². The van der Waals surface area contributed by atoms with E-state index in [1.54, 1.807) is 0 Å². The van der Waals surface area contributed by atoms with Crippen LogP contribution in [-0.4, -0.2) is 52.5 Å². The highest BCUT2D eigenvalue weighted by Crippen LogP contribution is 2.32. The molecule has 0 bridgehead atoms. The fourth-order valence-corrected chi connectivity index (χ4v) is 6.27. The molecule has 5 heteroatoms. The van der Waals surface area contributed by atoms with Crippen molar-refractivity contribution in [3.05, 3.63) is 0 Å². The molecule has 0 saturated carbocycles. The van der Waals surface area contributed by atoms with Crippen LogP contribution in [0.25, 0.3) is 0 Å². The van der Waals surface area contributed by atoms with Crippen molar-refractivity contribution in [2.45, 2.75) is 51.5 Å². The molecular weight excluding hydrogens is 324 g/mol. The number of ether oxygens (including phenoxy) is 1. The maximum Gasteiger partial charge on any atom is 0.0473 e. The lowest BCUT2D eigenvalue weighted by molar-refractivity contribution is 0.149. The van der Waals surface area contributed by atoms with Crippen LogP contribution in [0.1, 0.15) is 41.0 Å². The summed E-state index contributed by atoms with van der Waals surface area (Å²) in [5.41, 5.74) is 0. The van der Waals surface area contributed by atoms with Gasteiger partial charge in [-0.05, 0) is 19.1 Å². The highest BCUT2D eigenvalue weighted by molar-refractivity contribution is 8.08. The molecule has 1 heterocycles. The van der Waals surface area contributed by atoms with E-state index in [0.717, 1.165) is 29.5 Å². The lowest BCUT2D eigenvalue weighted by atomic mass is 10.5. The highest BCUT2D eigenvalue weighted by Gasteiger charge is 2.20. The Balaban J connectivity index is 0. The molecule has 0 amide bonds. The van der Waals surface area contributed by atoms with Gasteiger partial charge in [-0.2, -0.15) is 47.9 Å². The Morgan fingerprint density at radius 3 is 2.20 bits per heavy atom. The average Bonchev–Trinajstić information content (AvgIpc) is 2.55. The summed E-state index contributed by atoms with van der Waals surface area (Å²) < 4.78 is 5.32. The quantitative estimate of drug-likeness (QED) is 0.462. The molecule has 0 N–H and O–H groups in total. The summed E-state index contributed by atoms with van der Waals surface area (Å²) in [4.78, 5) is 0. The van der Waals surface area contributed by atoms with E-state index in [1.807, 2.05) is 27.7 Å². The Bertz CT molecular complexity index is 162. The third-order valence-corrected chi connectivity index (χ3v) is 7.66. The third kappa shape index (κ3) is 14.3. The molecule has 1 aliphatic rings. The van der Waals surface area contributed by atoms with E-state index in [-0.39, 0.29) is 0 Å². The van der Waals surface area contributed by atoms with E-state index < -0.39 is 0 Å². The van der Waals surface area contributed by atoms with Gasteiger partial charge in [-0.25, -0.2) is 0 Å². The van der Waals surface area contributed by atoms with Crippen molar-refractivity contribution in [2.75, 3.05) is 42.0 Å². The van der Waals surface area contributed by atoms with Crippen LogP contribution < -0.4 is 0 Å². The van der Waals surface area contributed by atoms with Crippen molar-refractivity contribution >= 4 is 47.9 Å². The molecule has 20 heavy (non-hydrogen) atoms. The van der Waals surface area contributed by atoms with Crippen LogP contribution in [0.5, 0.6) is 0 Å². The van der Waals surface area contributed by atoms with Gasteiger partial charge in [0.15, 0.2) is 0 Å². The number of hydrogen-bond acceptors (Lipinski definition) is 5. The Labute approximate surface area is 145 Å². The third-order valence-electron chi connectivity index (χ3n) is 2.32. The molecule has 1 nitrogen and oxygen atoms in total. The van der Waals surface area contributed by atoms with Crippen LogP contribution in [0, 0.1) is 0 Å². The normalized spacial score (nSPS) is 21.3. The molecular formula is C15H34OS4. The Kier molecular flexibility index (Phi) is 24.0.